The zero-order valence-corrected chi connectivity index (χ0v) is 15.3. The van der Waals surface area contributed by atoms with Crippen LogP contribution in [-0.2, 0) is 16.0 Å². The SMILES string of the molecule is CCCNC(=O)[C@]1(Cc2cc(-c3ccccc3)no2)CCCN1C(C)=O. The van der Waals surface area contributed by atoms with E-state index in [4.69, 9.17) is 4.52 Å². The van der Waals surface area contributed by atoms with Crippen molar-refractivity contribution in [2.45, 2.75) is 45.1 Å². The van der Waals surface area contributed by atoms with Gasteiger partial charge in [-0.3, -0.25) is 9.59 Å². The number of benzene rings is 1. The summed E-state index contributed by atoms with van der Waals surface area (Å²) < 4.78 is 5.52. The van der Waals surface area contributed by atoms with Gasteiger partial charge < -0.3 is 14.7 Å². The van der Waals surface area contributed by atoms with Crippen LogP contribution in [0.1, 0.15) is 38.9 Å². The molecular formula is C20H25N3O3. The Balaban J connectivity index is 1.88. The second-order valence-corrected chi connectivity index (χ2v) is 6.78. The van der Waals surface area contributed by atoms with Crippen molar-refractivity contribution < 1.29 is 14.1 Å². The van der Waals surface area contributed by atoms with Crippen LogP contribution >= 0.6 is 0 Å². The molecule has 0 spiro atoms. The number of carbonyl (C=O) groups excluding carboxylic acids is 2. The fourth-order valence-corrected chi connectivity index (χ4v) is 3.67. The van der Waals surface area contributed by atoms with E-state index >= 15 is 0 Å². The molecule has 3 rings (SSSR count). The number of hydrogen-bond acceptors (Lipinski definition) is 4. The Kier molecular flexibility index (Phi) is 5.40. The molecule has 1 aromatic carbocycles. The highest BCUT2D eigenvalue weighted by molar-refractivity contribution is 5.91. The van der Waals surface area contributed by atoms with E-state index in [9.17, 15) is 9.59 Å². The first kappa shape index (κ1) is 18.2. The molecule has 6 nitrogen and oxygen atoms in total. The van der Waals surface area contributed by atoms with Crippen LogP contribution in [0.15, 0.2) is 40.9 Å². The van der Waals surface area contributed by atoms with E-state index in [1.54, 1.807) is 4.90 Å². The maximum absolute atomic E-state index is 13.0. The third-order valence-electron chi connectivity index (χ3n) is 4.92. The summed E-state index contributed by atoms with van der Waals surface area (Å²) in [5.74, 6) is 0.422. The Morgan fingerprint density at radius 3 is 2.77 bits per heavy atom. The number of carbonyl (C=O) groups is 2. The molecule has 1 saturated heterocycles. The van der Waals surface area contributed by atoms with Gasteiger partial charge in [-0.05, 0) is 19.3 Å². The number of amides is 2. The third kappa shape index (κ3) is 3.49. The maximum atomic E-state index is 13.0. The van der Waals surface area contributed by atoms with Gasteiger partial charge in [-0.2, -0.15) is 0 Å². The predicted octanol–water partition coefficient (Wildman–Crippen LogP) is 2.79. The molecule has 1 aliphatic rings. The van der Waals surface area contributed by atoms with E-state index in [0.717, 1.165) is 24.1 Å². The van der Waals surface area contributed by atoms with E-state index in [1.807, 2.05) is 43.3 Å². The van der Waals surface area contributed by atoms with E-state index in [0.29, 0.717) is 31.7 Å². The molecule has 0 aliphatic carbocycles. The highest BCUT2D eigenvalue weighted by atomic mass is 16.5. The first-order valence-electron chi connectivity index (χ1n) is 9.14. The van der Waals surface area contributed by atoms with Crippen molar-refractivity contribution in [1.82, 2.24) is 15.4 Å². The molecule has 0 radical (unpaired) electrons. The minimum atomic E-state index is -0.894. The summed E-state index contributed by atoms with van der Waals surface area (Å²) >= 11 is 0. The Hall–Kier alpha value is -2.63. The van der Waals surface area contributed by atoms with Crippen LogP contribution in [0.4, 0.5) is 0 Å². The second kappa shape index (κ2) is 7.72. The standard InChI is InChI=1S/C20H25N3O3/c1-3-11-21-19(25)20(10-7-12-23(20)15(2)24)14-17-13-18(22-26-17)16-8-5-4-6-9-16/h4-6,8-9,13H,3,7,10-12,14H2,1-2H3,(H,21,25)/t20-/m1/s1. The van der Waals surface area contributed by atoms with Crippen molar-refractivity contribution in [2.24, 2.45) is 0 Å². The van der Waals surface area contributed by atoms with Crippen LogP contribution in [0, 0.1) is 0 Å². The number of likely N-dealkylation sites (tertiary alicyclic amines) is 1. The summed E-state index contributed by atoms with van der Waals surface area (Å²) in [6, 6.07) is 11.6. The molecule has 0 bridgehead atoms. The van der Waals surface area contributed by atoms with Crippen LogP contribution in [0.25, 0.3) is 11.3 Å². The quantitative estimate of drug-likeness (QED) is 0.864. The molecule has 1 fully saturated rings. The molecule has 6 heteroatoms. The van der Waals surface area contributed by atoms with Gasteiger partial charge in [0.05, 0.1) is 0 Å². The molecule has 0 unspecified atom stereocenters. The van der Waals surface area contributed by atoms with Crippen LogP contribution in [0.2, 0.25) is 0 Å². The van der Waals surface area contributed by atoms with E-state index in [1.165, 1.54) is 6.92 Å². The molecule has 138 valence electrons. The average Bonchev–Trinajstić information content (AvgIpc) is 3.28. The van der Waals surface area contributed by atoms with Crippen molar-refractivity contribution in [2.75, 3.05) is 13.1 Å². The highest BCUT2D eigenvalue weighted by Crippen LogP contribution is 2.34. The largest absolute Gasteiger partial charge is 0.361 e. The summed E-state index contributed by atoms with van der Waals surface area (Å²) in [7, 11) is 0. The Morgan fingerprint density at radius 2 is 2.08 bits per heavy atom. The van der Waals surface area contributed by atoms with Gasteiger partial charge in [0.15, 0.2) is 0 Å². The Bertz CT molecular complexity index is 772. The van der Waals surface area contributed by atoms with Crippen LogP contribution in [0.3, 0.4) is 0 Å². The maximum Gasteiger partial charge on any atom is 0.246 e. The molecular weight excluding hydrogens is 330 g/mol. The van der Waals surface area contributed by atoms with Crippen molar-refractivity contribution in [3.05, 3.63) is 42.2 Å². The lowest BCUT2D eigenvalue weighted by molar-refractivity contribution is -0.143. The number of rotatable bonds is 6. The molecule has 2 amide bonds. The van der Waals surface area contributed by atoms with E-state index in [2.05, 4.69) is 10.5 Å². The lowest BCUT2D eigenvalue weighted by Gasteiger charge is -2.36. The molecule has 1 atom stereocenters. The minimum Gasteiger partial charge on any atom is -0.361 e. The molecule has 0 saturated carbocycles. The summed E-state index contributed by atoms with van der Waals surface area (Å²) in [5, 5.41) is 7.10. The van der Waals surface area contributed by atoms with Crippen molar-refractivity contribution in [3.8, 4) is 11.3 Å². The Labute approximate surface area is 153 Å². The molecule has 1 N–H and O–H groups in total. The third-order valence-corrected chi connectivity index (χ3v) is 4.92. The van der Waals surface area contributed by atoms with Crippen molar-refractivity contribution in [3.63, 3.8) is 0 Å². The van der Waals surface area contributed by atoms with Gasteiger partial charge in [0.25, 0.3) is 0 Å². The lowest BCUT2D eigenvalue weighted by atomic mass is 9.89. The molecule has 2 aromatic rings. The van der Waals surface area contributed by atoms with Gasteiger partial charge >= 0.3 is 0 Å². The summed E-state index contributed by atoms with van der Waals surface area (Å²) in [6.45, 7) is 4.71. The van der Waals surface area contributed by atoms with Crippen molar-refractivity contribution in [1.29, 1.82) is 0 Å². The zero-order valence-electron chi connectivity index (χ0n) is 15.3. The van der Waals surface area contributed by atoms with E-state index in [-0.39, 0.29) is 11.8 Å². The first-order chi connectivity index (χ1) is 12.6. The van der Waals surface area contributed by atoms with Gasteiger partial charge in [0.1, 0.15) is 17.0 Å². The van der Waals surface area contributed by atoms with Crippen molar-refractivity contribution >= 4 is 11.8 Å². The van der Waals surface area contributed by atoms with Gasteiger partial charge in [0, 0.05) is 38.1 Å². The molecule has 1 aliphatic heterocycles. The van der Waals surface area contributed by atoms with Crippen LogP contribution in [0.5, 0.6) is 0 Å². The smallest absolute Gasteiger partial charge is 0.246 e. The number of nitrogens with zero attached hydrogens (tertiary/aromatic N) is 2. The summed E-state index contributed by atoms with van der Waals surface area (Å²) in [6.07, 6.45) is 2.62. The zero-order chi connectivity index (χ0) is 18.6. The monoisotopic (exact) mass is 355 g/mol. The summed E-state index contributed by atoms with van der Waals surface area (Å²) in [4.78, 5) is 26.8. The average molecular weight is 355 g/mol. The number of nitrogens with one attached hydrogen (secondary N) is 1. The molecule has 2 heterocycles. The summed E-state index contributed by atoms with van der Waals surface area (Å²) in [5.41, 5.74) is 0.799. The number of aromatic nitrogens is 1. The lowest BCUT2D eigenvalue weighted by Crippen LogP contribution is -2.58. The molecule has 1 aromatic heterocycles. The van der Waals surface area contributed by atoms with Gasteiger partial charge in [-0.1, -0.05) is 42.4 Å². The second-order valence-electron chi connectivity index (χ2n) is 6.78. The topological polar surface area (TPSA) is 75.4 Å². The van der Waals surface area contributed by atoms with E-state index < -0.39 is 5.54 Å². The molecule has 26 heavy (non-hydrogen) atoms. The normalized spacial score (nSPS) is 19.5. The van der Waals surface area contributed by atoms with Crippen LogP contribution < -0.4 is 5.32 Å². The van der Waals surface area contributed by atoms with Gasteiger partial charge in [-0.15, -0.1) is 0 Å². The Morgan fingerprint density at radius 1 is 1.31 bits per heavy atom. The highest BCUT2D eigenvalue weighted by Gasteiger charge is 2.49. The fraction of sp³-hybridized carbons (Fsp3) is 0.450. The van der Waals surface area contributed by atoms with Crippen LogP contribution in [-0.4, -0.2) is 40.5 Å². The number of hydrogen-bond donors (Lipinski definition) is 1. The van der Waals surface area contributed by atoms with Gasteiger partial charge in [-0.25, -0.2) is 0 Å². The van der Waals surface area contributed by atoms with Gasteiger partial charge in [0.2, 0.25) is 11.8 Å². The fourth-order valence-electron chi connectivity index (χ4n) is 3.67. The predicted molar refractivity (Wildman–Crippen MR) is 98.3 cm³/mol. The first-order valence-corrected chi connectivity index (χ1v) is 9.14. The minimum absolute atomic E-state index is 0.0862.